The molecule has 0 aliphatic heterocycles. The summed E-state index contributed by atoms with van der Waals surface area (Å²) in [4.78, 5) is 20.0. The molecule has 0 radical (unpaired) electrons. The third-order valence-corrected chi connectivity index (χ3v) is 3.47. The molecule has 1 fully saturated rings. The minimum Gasteiger partial charge on any atom is -0.396 e. The van der Waals surface area contributed by atoms with E-state index in [1.54, 1.807) is 0 Å². The van der Waals surface area contributed by atoms with Crippen molar-refractivity contribution in [2.24, 2.45) is 5.92 Å². The predicted octanol–water partition coefficient (Wildman–Crippen LogP) is -0.230. The van der Waals surface area contributed by atoms with Crippen molar-refractivity contribution in [3.63, 3.8) is 0 Å². The highest BCUT2D eigenvalue weighted by atomic mass is 31.1. The monoisotopic (exact) mass is 292 g/mol. The van der Waals surface area contributed by atoms with Gasteiger partial charge in [0.1, 0.15) is 24.9 Å². The van der Waals surface area contributed by atoms with Crippen molar-refractivity contribution in [2.45, 2.75) is 24.7 Å². The lowest BCUT2D eigenvalue weighted by molar-refractivity contribution is 0.0611. The van der Waals surface area contributed by atoms with Gasteiger partial charge in [-0.2, -0.15) is 0 Å². The van der Waals surface area contributed by atoms with Crippen LogP contribution in [0.3, 0.4) is 0 Å². The van der Waals surface area contributed by atoms with E-state index in [1.165, 1.54) is 12.7 Å². The molecule has 1 aliphatic carbocycles. The fourth-order valence-corrected chi connectivity index (χ4v) is 2.71. The molecule has 3 N–H and O–H groups in total. The van der Waals surface area contributed by atoms with E-state index in [4.69, 9.17) is 10.00 Å². The first-order chi connectivity index (χ1) is 9.11. The number of anilines is 1. The van der Waals surface area contributed by atoms with Crippen LogP contribution in [0.4, 0.5) is 10.3 Å². The van der Waals surface area contributed by atoms with Crippen LogP contribution in [0.25, 0.3) is 0 Å². The van der Waals surface area contributed by atoms with Crippen LogP contribution in [0.1, 0.15) is 6.42 Å². The SMILES string of the molecule is O=[PH](O)O[C@@H]1[C@@H](CO)C[C@@H](Nc2ncncn2)[C@@H]1F. The Morgan fingerprint density at radius 2 is 2.21 bits per heavy atom. The fraction of sp³-hybridized carbons (Fsp3) is 0.667. The van der Waals surface area contributed by atoms with Gasteiger partial charge in [-0.3, -0.25) is 4.57 Å². The summed E-state index contributed by atoms with van der Waals surface area (Å²) < 4.78 is 29.5. The third kappa shape index (κ3) is 3.44. The molecule has 1 saturated carbocycles. The zero-order valence-corrected chi connectivity index (χ0v) is 10.8. The quantitative estimate of drug-likeness (QED) is 0.637. The predicted molar refractivity (Wildman–Crippen MR) is 63.4 cm³/mol. The highest BCUT2D eigenvalue weighted by Gasteiger charge is 2.45. The smallest absolute Gasteiger partial charge is 0.316 e. The average molecular weight is 292 g/mol. The van der Waals surface area contributed by atoms with Gasteiger partial charge in [-0.25, -0.2) is 19.3 Å². The van der Waals surface area contributed by atoms with E-state index in [2.05, 4.69) is 24.8 Å². The number of halogens is 1. The van der Waals surface area contributed by atoms with Crippen LogP contribution in [-0.4, -0.2) is 49.9 Å². The second kappa shape index (κ2) is 6.33. The first kappa shape index (κ1) is 14.3. The second-order valence-corrected chi connectivity index (χ2v) is 4.95. The molecular formula is C9H14FN4O4P. The van der Waals surface area contributed by atoms with Crippen LogP contribution >= 0.6 is 8.25 Å². The van der Waals surface area contributed by atoms with Gasteiger partial charge in [0.15, 0.2) is 0 Å². The summed E-state index contributed by atoms with van der Waals surface area (Å²) in [6.45, 7) is -0.324. The number of aliphatic hydroxyl groups excluding tert-OH is 1. The number of aliphatic hydroxyl groups is 1. The molecule has 10 heteroatoms. The topological polar surface area (TPSA) is 117 Å². The van der Waals surface area contributed by atoms with Gasteiger partial charge in [0.05, 0.1) is 6.04 Å². The molecule has 1 heterocycles. The van der Waals surface area contributed by atoms with Crippen molar-refractivity contribution >= 4 is 14.2 Å². The van der Waals surface area contributed by atoms with Gasteiger partial charge >= 0.3 is 8.25 Å². The third-order valence-electron chi connectivity index (χ3n) is 3.00. The minimum absolute atomic E-state index is 0.205. The standard InChI is InChI=1S/C9H14FN4O4P/c10-7-6(14-9-12-3-11-4-13-9)1-5(2-15)8(7)18-19(16)17/h3-8,15,19H,1-2H2,(H,16,17)(H,11,12,13,14)/t5-,6-,7+,8-/m1/s1. The summed E-state index contributed by atoms with van der Waals surface area (Å²) in [6, 6.07) is -0.689. The summed E-state index contributed by atoms with van der Waals surface area (Å²) in [5.74, 6) is -0.341. The Bertz CT molecular complexity index is 439. The Hall–Kier alpha value is -1.15. The minimum atomic E-state index is -3.26. The molecule has 1 aromatic rings. The van der Waals surface area contributed by atoms with Crippen LogP contribution in [0.15, 0.2) is 12.7 Å². The van der Waals surface area contributed by atoms with Gasteiger partial charge in [-0.15, -0.1) is 0 Å². The number of rotatable bonds is 5. The van der Waals surface area contributed by atoms with Gasteiger partial charge in [0, 0.05) is 12.5 Å². The summed E-state index contributed by atoms with van der Waals surface area (Å²) in [6.07, 6.45) is 0.141. The molecule has 0 spiro atoms. The van der Waals surface area contributed by atoms with E-state index in [-0.39, 0.29) is 19.0 Å². The number of alkyl halides is 1. The molecule has 1 aromatic heterocycles. The molecule has 2 rings (SSSR count). The van der Waals surface area contributed by atoms with Crippen molar-refractivity contribution in [3.05, 3.63) is 12.7 Å². The molecule has 19 heavy (non-hydrogen) atoms. The van der Waals surface area contributed by atoms with E-state index in [0.29, 0.717) is 0 Å². The van der Waals surface area contributed by atoms with Crippen LogP contribution < -0.4 is 5.32 Å². The van der Waals surface area contributed by atoms with Crippen LogP contribution in [-0.2, 0) is 9.09 Å². The molecule has 106 valence electrons. The average Bonchev–Trinajstić information content (AvgIpc) is 2.68. The highest BCUT2D eigenvalue weighted by Crippen LogP contribution is 2.37. The Balaban J connectivity index is 2.05. The maximum atomic E-state index is 14.1. The first-order valence-electron chi connectivity index (χ1n) is 5.65. The van der Waals surface area contributed by atoms with Gasteiger partial charge in [-0.05, 0) is 6.42 Å². The van der Waals surface area contributed by atoms with Crippen molar-refractivity contribution in [3.8, 4) is 0 Å². The normalized spacial score (nSPS) is 32.2. The molecular weight excluding hydrogens is 278 g/mol. The number of hydrogen-bond donors (Lipinski definition) is 3. The lowest BCUT2D eigenvalue weighted by Gasteiger charge is -2.19. The summed E-state index contributed by atoms with van der Waals surface area (Å²) in [5, 5.41) is 11.9. The Labute approximate surface area is 109 Å². The molecule has 0 saturated heterocycles. The molecule has 8 nitrogen and oxygen atoms in total. The van der Waals surface area contributed by atoms with Gasteiger partial charge < -0.3 is 19.8 Å². The fourth-order valence-electron chi connectivity index (χ4n) is 2.15. The van der Waals surface area contributed by atoms with Crippen LogP contribution in [0, 0.1) is 5.92 Å². The van der Waals surface area contributed by atoms with Crippen molar-refractivity contribution < 1.29 is 23.5 Å². The maximum Gasteiger partial charge on any atom is 0.316 e. The number of nitrogens with one attached hydrogen (secondary N) is 1. The van der Waals surface area contributed by atoms with E-state index in [1.807, 2.05) is 0 Å². The van der Waals surface area contributed by atoms with E-state index >= 15 is 0 Å². The van der Waals surface area contributed by atoms with Gasteiger partial charge in [0.2, 0.25) is 5.95 Å². The molecule has 0 amide bonds. The molecule has 1 aliphatic rings. The van der Waals surface area contributed by atoms with E-state index < -0.39 is 32.5 Å². The molecule has 0 bridgehead atoms. The van der Waals surface area contributed by atoms with Gasteiger partial charge in [-0.1, -0.05) is 0 Å². The molecule has 1 unspecified atom stereocenters. The zero-order chi connectivity index (χ0) is 13.8. The maximum absolute atomic E-state index is 14.1. The molecule has 5 atom stereocenters. The van der Waals surface area contributed by atoms with Crippen LogP contribution in [0.2, 0.25) is 0 Å². The lowest BCUT2D eigenvalue weighted by atomic mass is 10.1. The Kier molecular flexibility index (Phi) is 4.76. The molecule has 0 aromatic carbocycles. The summed E-state index contributed by atoms with van der Waals surface area (Å²) in [7, 11) is -3.26. The van der Waals surface area contributed by atoms with Crippen LogP contribution in [0.5, 0.6) is 0 Å². The van der Waals surface area contributed by atoms with Crippen molar-refractivity contribution in [1.82, 2.24) is 15.0 Å². The number of aromatic nitrogens is 3. The second-order valence-electron chi connectivity index (χ2n) is 4.18. The first-order valence-corrected chi connectivity index (χ1v) is 6.91. The highest BCUT2D eigenvalue weighted by molar-refractivity contribution is 7.32. The Morgan fingerprint density at radius 1 is 1.53 bits per heavy atom. The summed E-state index contributed by atoms with van der Waals surface area (Å²) in [5.41, 5.74) is 0. The van der Waals surface area contributed by atoms with E-state index in [0.717, 1.165) is 0 Å². The zero-order valence-electron chi connectivity index (χ0n) is 9.81. The van der Waals surface area contributed by atoms with Crippen molar-refractivity contribution in [2.75, 3.05) is 11.9 Å². The number of nitrogens with zero attached hydrogens (tertiary/aromatic N) is 3. The number of hydrogen-bond acceptors (Lipinski definition) is 7. The van der Waals surface area contributed by atoms with Crippen molar-refractivity contribution in [1.29, 1.82) is 0 Å². The largest absolute Gasteiger partial charge is 0.396 e. The van der Waals surface area contributed by atoms with E-state index in [9.17, 15) is 8.96 Å². The lowest BCUT2D eigenvalue weighted by Crippen LogP contribution is -2.33. The summed E-state index contributed by atoms with van der Waals surface area (Å²) >= 11 is 0. The van der Waals surface area contributed by atoms with Gasteiger partial charge in [0.25, 0.3) is 0 Å². The Morgan fingerprint density at radius 3 is 2.79 bits per heavy atom.